The van der Waals surface area contributed by atoms with Gasteiger partial charge in [-0.25, -0.2) is 4.98 Å². The van der Waals surface area contributed by atoms with Gasteiger partial charge in [0.1, 0.15) is 5.69 Å². The minimum Gasteiger partial charge on any atom is -0.349 e. The molecule has 0 aliphatic carbocycles. The Morgan fingerprint density at radius 3 is 2.42 bits per heavy atom. The number of nitrogens with one attached hydrogen (secondary N) is 1. The first-order valence-corrected chi connectivity index (χ1v) is 8.07. The lowest BCUT2D eigenvalue weighted by Crippen LogP contribution is -2.46. The van der Waals surface area contributed by atoms with Crippen LogP contribution in [0.3, 0.4) is 0 Å². The molecule has 0 spiro atoms. The fraction of sp³-hybridized carbons (Fsp3) is 0.333. The van der Waals surface area contributed by atoms with Gasteiger partial charge in [-0.1, -0.05) is 18.2 Å². The van der Waals surface area contributed by atoms with Gasteiger partial charge >= 0.3 is 0 Å². The van der Waals surface area contributed by atoms with E-state index in [0.717, 1.165) is 18.5 Å². The topological polar surface area (TPSA) is 75.2 Å². The normalized spacial score (nSPS) is 15.1. The SMILES string of the molecule is Cc1cnc(C(=O)N2CCC(NC(=O)c3ccccc3)CC2)cn1. The molecule has 0 unspecified atom stereocenters. The standard InChI is InChI=1S/C18H20N4O2/c1-13-11-20-16(12-19-13)18(24)22-9-7-15(8-10-22)21-17(23)14-5-3-2-4-6-14/h2-6,11-12,15H,7-10H2,1H3,(H,21,23). The maximum Gasteiger partial charge on any atom is 0.274 e. The molecule has 0 bridgehead atoms. The van der Waals surface area contributed by atoms with E-state index in [-0.39, 0.29) is 17.9 Å². The highest BCUT2D eigenvalue weighted by molar-refractivity contribution is 5.94. The summed E-state index contributed by atoms with van der Waals surface area (Å²) in [7, 11) is 0. The van der Waals surface area contributed by atoms with Gasteiger partial charge in [-0.2, -0.15) is 0 Å². The summed E-state index contributed by atoms with van der Waals surface area (Å²) in [5.41, 5.74) is 1.81. The molecule has 1 N–H and O–H groups in total. The van der Waals surface area contributed by atoms with Crippen LogP contribution in [-0.2, 0) is 0 Å². The number of nitrogens with zero attached hydrogens (tertiary/aromatic N) is 3. The summed E-state index contributed by atoms with van der Waals surface area (Å²) in [5.74, 6) is -0.167. The second-order valence-corrected chi connectivity index (χ2v) is 5.95. The van der Waals surface area contributed by atoms with Crippen LogP contribution in [0.15, 0.2) is 42.7 Å². The smallest absolute Gasteiger partial charge is 0.274 e. The summed E-state index contributed by atoms with van der Waals surface area (Å²) in [6.07, 6.45) is 4.59. The molecule has 0 saturated carbocycles. The Morgan fingerprint density at radius 2 is 1.79 bits per heavy atom. The van der Waals surface area contributed by atoms with Crippen molar-refractivity contribution in [1.82, 2.24) is 20.2 Å². The van der Waals surface area contributed by atoms with E-state index in [9.17, 15) is 9.59 Å². The molecule has 6 nitrogen and oxygen atoms in total. The van der Waals surface area contributed by atoms with Crippen molar-refractivity contribution in [2.75, 3.05) is 13.1 Å². The number of aryl methyl sites for hydroxylation is 1. The Hall–Kier alpha value is -2.76. The third-order valence-corrected chi connectivity index (χ3v) is 4.15. The van der Waals surface area contributed by atoms with Crippen LogP contribution in [0.1, 0.15) is 39.4 Å². The Balaban J connectivity index is 1.53. The maximum absolute atomic E-state index is 12.4. The number of piperidine rings is 1. The molecular formula is C18H20N4O2. The molecule has 6 heteroatoms. The van der Waals surface area contributed by atoms with Crippen molar-refractivity contribution in [3.63, 3.8) is 0 Å². The van der Waals surface area contributed by atoms with Gasteiger partial charge in [-0.15, -0.1) is 0 Å². The first-order valence-electron chi connectivity index (χ1n) is 8.07. The highest BCUT2D eigenvalue weighted by Crippen LogP contribution is 2.13. The Labute approximate surface area is 140 Å². The quantitative estimate of drug-likeness (QED) is 0.934. The van der Waals surface area contributed by atoms with Crippen LogP contribution in [-0.4, -0.2) is 45.8 Å². The molecule has 24 heavy (non-hydrogen) atoms. The van der Waals surface area contributed by atoms with Gasteiger partial charge in [0.2, 0.25) is 0 Å². The van der Waals surface area contributed by atoms with Gasteiger partial charge in [0.15, 0.2) is 0 Å². The fourth-order valence-corrected chi connectivity index (χ4v) is 2.75. The van der Waals surface area contributed by atoms with Crippen molar-refractivity contribution in [3.8, 4) is 0 Å². The molecule has 124 valence electrons. The predicted octanol–water partition coefficient (Wildman–Crippen LogP) is 1.82. The number of hydrogen-bond donors (Lipinski definition) is 1. The van der Waals surface area contributed by atoms with Crippen molar-refractivity contribution in [2.24, 2.45) is 0 Å². The summed E-state index contributed by atoms with van der Waals surface area (Å²) in [5, 5.41) is 3.04. The van der Waals surface area contributed by atoms with Crippen LogP contribution in [0.25, 0.3) is 0 Å². The molecule has 2 heterocycles. The van der Waals surface area contributed by atoms with E-state index >= 15 is 0 Å². The third kappa shape index (κ3) is 3.76. The molecule has 2 aromatic rings. The summed E-state index contributed by atoms with van der Waals surface area (Å²) >= 11 is 0. The number of carbonyl (C=O) groups excluding carboxylic acids is 2. The first kappa shape index (κ1) is 16.1. The van der Waals surface area contributed by atoms with Crippen LogP contribution in [0, 0.1) is 6.92 Å². The zero-order valence-corrected chi connectivity index (χ0v) is 13.6. The van der Waals surface area contributed by atoms with Gasteiger partial charge in [0.05, 0.1) is 11.9 Å². The first-order chi connectivity index (χ1) is 11.6. The van der Waals surface area contributed by atoms with Crippen molar-refractivity contribution in [1.29, 1.82) is 0 Å². The highest BCUT2D eigenvalue weighted by atomic mass is 16.2. The van der Waals surface area contributed by atoms with Crippen molar-refractivity contribution in [3.05, 3.63) is 59.7 Å². The summed E-state index contributed by atoms with van der Waals surface area (Å²) in [6, 6.07) is 9.26. The highest BCUT2D eigenvalue weighted by Gasteiger charge is 2.25. The minimum atomic E-state index is -0.102. The van der Waals surface area contributed by atoms with E-state index in [0.29, 0.717) is 24.3 Å². The van der Waals surface area contributed by atoms with E-state index in [1.807, 2.05) is 25.1 Å². The van der Waals surface area contributed by atoms with Crippen LogP contribution in [0.5, 0.6) is 0 Å². The van der Waals surface area contributed by atoms with E-state index in [1.165, 1.54) is 6.20 Å². The molecular weight excluding hydrogens is 304 g/mol. The Kier molecular flexibility index (Phi) is 4.84. The van der Waals surface area contributed by atoms with Crippen LogP contribution >= 0.6 is 0 Å². The fourth-order valence-electron chi connectivity index (χ4n) is 2.75. The monoisotopic (exact) mass is 324 g/mol. The number of hydrogen-bond acceptors (Lipinski definition) is 4. The zero-order valence-electron chi connectivity index (χ0n) is 13.6. The molecule has 1 saturated heterocycles. The lowest BCUT2D eigenvalue weighted by atomic mass is 10.0. The number of amides is 2. The second kappa shape index (κ2) is 7.21. The van der Waals surface area contributed by atoms with E-state index in [2.05, 4.69) is 15.3 Å². The average molecular weight is 324 g/mol. The van der Waals surface area contributed by atoms with Gasteiger partial charge in [0, 0.05) is 30.9 Å². The van der Waals surface area contributed by atoms with Gasteiger partial charge < -0.3 is 10.2 Å². The molecule has 3 rings (SSSR count). The largest absolute Gasteiger partial charge is 0.349 e. The maximum atomic E-state index is 12.4. The molecule has 1 aliphatic heterocycles. The van der Waals surface area contributed by atoms with E-state index < -0.39 is 0 Å². The average Bonchev–Trinajstić information content (AvgIpc) is 2.63. The molecule has 0 atom stereocenters. The van der Waals surface area contributed by atoms with E-state index in [1.54, 1.807) is 23.2 Å². The predicted molar refractivity (Wildman–Crippen MR) is 89.6 cm³/mol. The molecule has 2 amide bonds. The van der Waals surface area contributed by atoms with E-state index in [4.69, 9.17) is 0 Å². The minimum absolute atomic E-state index is 0.0650. The summed E-state index contributed by atoms with van der Waals surface area (Å²) in [6.45, 7) is 3.05. The summed E-state index contributed by atoms with van der Waals surface area (Å²) < 4.78 is 0. The van der Waals surface area contributed by atoms with Crippen molar-refractivity contribution < 1.29 is 9.59 Å². The number of benzene rings is 1. The van der Waals surface area contributed by atoms with Crippen molar-refractivity contribution in [2.45, 2.75) is 25.8 Å². The van der Waals surface area contributed by atoms with Crippen LogP contribution < -0.4 is 5.32 Å². The number of aromatic nitrogens is 2. The number of carbonyl (C=O) groups is 2. The summed E-state index contributed by atoms with van der Waals surface area (Å²) in [4.78, 5) is 34.6. The van der Waals surface area contributed by atoms with Gasteiger partial charge in [-0.05, 0) is 31.9 Å². The number of rotatable bonds is 3. The molecule has 1 aliphatic rings. The Morgan fingerprint density at radius 1 is 1.08 bits per heavy atom. The number of likely N-dealkylation sites (tertiary alicyclic amines) is 1. The van der Waals surface area contributed by atoms with Crippen LogP contribution in [0.2, 0.25) is 0 Å². The lowest BCUT2D eigenvalue weighted by Gasteiger charge is -2.32. The molecule has 1 fully saturated rings. The zero-order chi connectivity index (χ0) is 16.9. The third-order valence-electron chi connectivity index (χ3n) is 4.15. The second-order valence-electron chi connectivity index (χ2n) is 5.95. The molecule has 1 aromatic heterocycles. The lowest BCUT2D eigenvalue weighted by molar-refractivity contribution is 0.0692. The van der Waals surface area contributed by atoms with Crippen LogP contribution in [0.4, 0.5) is 0 Å². The Bertz CT molecular complexity index is 708. The molecule has 1 aromatic carbocycles. The van der Waals surface area contributed by atoms with Crippen molar-refractivity contribution >= 4 is 11.8 Å². The van der Waals surface area contributed by atoms with Gasteiger partial charge in [0.25, 0.3) is 11.8 Å². The molecule has 0 radical (unpaired) electrons. The van der Waals surface area contributed by atoms with Gasteiger partial charge in [-0.3, -0.25) is 14.6 Å².